The van der Waals surface area contributed by atoms with Gasteiger partial charge < -0.3 is 23.9 Å². The third-order valence-corrected chi connectivity index (χ3v) is 6.66. The van der Waals surface area contributed by atoms with Crippen LogP contribution in [0.4, 0.5) is 0 Å². The van der Waals surface area contributed by atoms with E-state index in [0.29, 0.717) is 29.9 Å². The van der Waals surface area contributed by atoms with Crippen molar-refractivity contribution in [2.75, 3.05) is 20.3 Å². The number of Topliss-reactive ketones (excluding diaryl/α,β-unsaturated/α-hetero) is 1. The van der Waals surface area contributed by atoms with E-state index < -0.39 is 23.5 Å². The van der Waals surface area contributed by atoms with Crippen LogP contribution < -0.4 is 4.74 Å². The monoisotopic (exact) mass is 439 g/mol. The number of methoxy groups -OCH3 is 1. The van der Waals surface area contributed by atoms with E-state index in [1.54, 1.807) is 18.2 Å². The number of carbonyl (C=O) groups is 2. The maximum absolute atomic E-state index is 13.5. The third-order valence-electron chi connectivity index (χ3n) is 5.74. The van der Waals surface area contributed by atoms with Gasteiger partial charge in [0.1, 0.15) is 0 Å². The Bertz CT molecular complexity index is 1170. The van der Waals surface area contributed by atoms with E-state index >= 15 is 0 Å². The molecule has 0 aliphatic carbocycles. The molecule has 2 aromatic heterocycles. The van der Waals surface area contributed by atoms with Crippen LogP contribution >= 0.6 is 11.3 Å². The average Bonchev–Trinajstić information content (AvgIpc) is 3.57. The zero-order chi connectivity index (χ0) is 21.5. The summed E-state index contributed by atoms with van der Waals surface area (Å²) in [7, 11) is 1.53. The molecule has 0 spiro atoms. The second-order valence-electron chi connectivity index (χ2n) is 7.59. The smallest absolute Gasteiger partial charge is 0.290 e. The minimum absolute atomic E-state index is 0.0310. The van der Waals surface area contributed by atoms with Crippen LogP contribution in [0.2, 0.25) is 0 Å². The number of hydrogen-bond donors (Lipinski definition) is 1. The van der Waals surface area contributed by atoms with Crippen molar-refractivity contribution in [2.45, 2.75) is 25.0 Å². The number of thiophene rings is 1. The summed E-state index contributed by atoms with van der Waals surface area (Å²) in [6, 6.07) is 10.0. The number of hydrogen-bond acceptors (Lipinski definition) is 7. The Hall–Kier alpha value is -3.10. The fourth-order valence-corrected chi connectivity index (χ4v) is 5.11. The Morgan fingerprint density at radius 1 is 1.32 bits per heavy atom. The van der Waals surface area contributed by atoms with Crippen LogP contribution in [0.5, 0.6) is 5.75 Å². The lowest BCUT2D eigenvalue weighted by molar-refractivity contribution is -0.130. The predicted molar refractivity (Wildman–Crippen MR) is 114 cm³/mol. The maximum atomic E-state index is 13.5. The van der Waals surface area contributed by atoms with Gasteiger partial charge in [-0.25, -0.2) is 0 Å². The van der Waals surface area contributed by atoms with Gasteiger partial charge in [-0.3, -0.25) is 9.59 Å². The van der Waals surface area contributed by atoms with Crippen LogP contribution in [-0.4, -0.2) is 48.1 Å². The van der Waals surface area contributed by atoms with Gasteiger partial charge in [-0.05, 0) is 36.4 Å². The molecule has 2 atom stereocenters. The van der Waals surface area contributed by atoms with E-state index in [-0.39, 0.29) is 17.4 Å². The molecule has 1 N–H and O–H groups in total. The Morgan fingerprint density at radius 3 is 2.90 bits per heavy atom. The lowest BCUT2D eigenvalue weighted by Crippen LogP contribution is -2.37. The van der Waals surface area contributed by atoms with Crippen molar-refractivity contribution in [2.24, 2.45) is 0 Å². The van der Waals surface area contributed by atoms with Crippen molar-refractivity contribution < 1.29 is 28.6 Å². The van der Waals surface area contributed by atoms with Crippen LogP contribution in [0.3, 0.4) is 0 Å². The summed E-state index contributed by atoms with van der Waals surface area (Å²) in [5, 5.41) is 13.3. The zero-order valence-corrected chi connectivity index (χ0v) is 17.7. The Morgan fingerprint density at radius 2 is 2.19 bits per heavy atom. The predicted octanol–water partition coefficient (Wildman–Crippen LogP) is 4.26. The molecular formula is C23H21NO6S. The summed E-state index contributed by atoms with van der Waals surface area (Å²) in [6.45, 7) is 0.971. The average molecular weight is 439 g/mol. The van der Waals surface area contributed by atoms with E-state index in [2.05, 4.69) is 0 Å². The molecule has 1 aromatic carbocycles. The van der Waals surface area contributed by atoms with Gasteiger partial charge in [0.15, 0.2) is 22.9 Å². The van der Waals surface area contributed by atoms with Gasteiger partial charge in [-0.1, -0.05) is 18.2 Å². The van der Waals surface area contributed by atoms with E-state index in [1.165, 1.54) is 23.3 Å². The number of nitrogens with zero attached hydrogens (tertiary/aromatic N) is 1. The molecule has 2 unspecified atom stereocenters. The summed E-state index contributed by atoms with van der Waals surface area (Å²) in [5.41, 5.74) is 0.477. The Balaban J connectivity index is 1.55. The van der Waals surface area contributed by atoms with Crippen LogP contribution in [0.15, 0.2) is 57.5 Å². The number of aliphatic hydroxyl groups excluding tert-OH is 1. The standard InChI is InChI=1S/C23H21NO6S/c1-28-15-7-2-5-13-11-16(30-22(13)15)20(25)18-19(17-8-4-10-31-17)24(23(27)21(18)26)12-14-6-3-9-29-14/h2,4-5,7-8,10-11,14,19,26H,3,6,9,12H2,1H3. The first kappa shape index (κ1) is 19.8. The molecule has 0 radical (unpaired) electrons. The second-order valence-corrected chi connectivity index (χ2v) is 8.57. The fraction of sp³-hybridized carbons (Fsp3) is 0.304. The topological polar surface area (TPSA) is 89.2 Å². The van der Waals surface area contributed by atoms with Crippen molar-refractivity contribution in [3.8, 4) is 5.75 Å². The van der Waals surface area contributed by atoms with Crippen LogP contribution in [-0.2, 0) is 9.53 Å². The van der Waals surface area contributed by atoms with Crippen molar-refractivity contribution in [3.05, 3.63) is 63.7 Å². The molecule has 7 nitrogen and oxygen atoms in total. The number of fused-ring (bicyclic) bond motifs is 1. The molecule has 5 rings (SSSR count). The zero-order valence-electron chi connectivity index (χ0n) is 16.9. The highest BCUT2D eigenvalue weighted by atomic mass is 32.1. The van der Waals surface area contributed by atoms with Gasteiger partial charge in [0.25, 0.3) is 5.91 Å². The molecule has 4 heterocycles. The van der Waals surface area contributed by atoms with E-state index in [0.717, 1.165) is 17.7 Å². The summed E-state index contributed by atoms with van der Waals surface area (Å²) >= 11 is 1.43. The summed E-state index contributed by atoms with van der Waals surface area (Å²) < 4.78 is 16.8. The number of aliphatic hydroxyl groups is 1. The number of benzene rings is 1. The van der Waals surface area contributed by atoms with Gasteiger partial charge in [-0.2, -0.15) is 0 Å². The molecule has 160 valence electrons. The van der Waals surface area contributed by atoms with Gasteiger partial charge >= 0.3 is 0 Å². The molecule has 1 saturated heterocycles. The van der Waals surface area contributed by atoms with Gasteiger partial charge in [0.2, 0.25) is 5.78 Å². The number of ketones is 1. The number of ether oxygens (including phenoxy) is 2. The number of para-hydroxylation sites is 1. The Labute approximate surface area is 182 Å². The lowest BCUT2D eigenvalue weighted by atomic mass is 10.00. The van der Waals surface area contributed by atoms with Crippen molar-refractivity contribution >= 4 is 34.0 Å². The Kier molecular flexibility index (Phi) is 5.03. The molecule has 31 heavy (non-hydrogen) atoms. The first-order valence-electron chi connectivity index (χ1n) is 10.1. The largest absolute Gasteiger partial charge is 0.503 e. The van der Waals surface area contributed by atoms with Crippen molar-refractivity contribution in [3.63, 3.8) is 0 Å². The van der Waals surface area contributed by atoms with Gasteiger partial charge in [0, 0.05) is 23.4 Å². The van der Waals surface area contributed by atoms with Crippen LogP contribution in [0.25, 0.3) is 11.0 Å². The van der Waals surface area contributed by atoms with Crippen molar-refractivity contribution in [1.82, 2.24) is 4.90 Å². The van der Waals surface area contributed by atoms with Crippen LogP contribution in [0, 0.1) is 0 Å². The molecule has 0 saturated carbocycles. The first-order chi connectivity index (χ1) is 15.1. The summed E-state index contributed by atoms with van der Waals surface area (Å²) in [6.07, 6.45) is 1.67. The highest BCUT2D eigenvalue weighted by Crippen LogP contribution is 2.42. The summed E-state index contributed by atoms with van der Waals surface area (Å²) in [4.78, 5) is 28.8. The quantitative estimate of drug-likeness (QED) is 0.578. The maximum Gasteiger partial charge on any atom is 0.290 e. The molecular weight excluding hydrogens is 418 g/mol. The van der Waals surface area contributed by atoms with Gasteiger partial charge in [-0.15, -0.1) is 11.3 Å². The molecule has 2 aliphatic rings. The molecule has 3 aromatic rings. The number of carbonyl (C=O) groups excluding carboxylic acids is 2. The fourth-order valence-electron chi connectivity index (χ4n) is 4.27. The SMILES string of the molecule is COc1cccc2cc(C(=O)C3=C(O)C(=O)N(CC4CCCO4)C3c3cccs3)oc12. The first-order valence-corrected chi connectivity index (χ1v) is 11.0. The number of amides is 1. The van der Waals surface area contributed by atoms with E-state index in [1.807, 2.05) is 23.6 Å². The lowest BCUT2D eigenvalue weighted by Gasteiger charge is -2.27. The minimum Gasteiger partial charge on any atom is -0.503 e. The molecule has 1 amide bonds. The third kappa shape index (κ3) is 3.32. The molecule has 2 aliphatic heterocycles. The highest BCUT2D eigenvalue weighted by molar-refractivity contribution is 7.10. The number of furan rings is 1. The normalized spacial score (nSPS) is 21.5. The summed E-state index contributed by atoms with van der Waals surface area (Å²) in [5.74, 6) is -1.06. The molecule has 0 bridgehead atoms. The molecule has 1 fully saturated rings. The van der Waals surface area contributed by atoms with E-state index in [4.69, 9.17) is 13.9 Å². The molecule has 8 heteroatoms. The highest BCUT2D eigenvalue weighted by Gasteiger charge is 2.46. The van der Waals surface area contributed by atoms with Crippen LogP contribution in [0.1, 0.15) is 34.3 Å². The van der Waals surface area contributed by atoms with Gasteiger partial charge in [0.05, 0.1) is 24.8 Å². The van der Waals surface area contributed by atoms with Crippen molar-refractivity contribution in [1.29, 1.82) is 0 Å². The second kappa shape index (κ2) is 7.86. The minimum atomic E-state index is -0.681. The number of rotatable bonds is 6. The van der Waals surface area contributed by atoms with E-state index in [9.17, 15) is 14.7 Å².